The van der Waals surface area contributed by atoms with Gasteiger partial charge in [0.05, 0.1) is 5.92 Å². The van der Waals surface area contributed by atoms with E-state index in [4.69, 9.17) is 0 Å². The Morgan fingerprint density at radius 3 is 2.83 bits per heavy atom. The number of nitrogens with zero attached hydrogens (tertiary/aromatic N) is 1. The second-order valence-corrected chi connectivity index (χ2v) is 5.95. The van der Waals surface area contributed by atoms with Crippen LogP contribution in [0.5, 0.6) is 0 Å². The van der Waals surface area contributed by atoms with Crippen molar-refractivity contribution in [2.24, 2.45) is 5.92 Å². The quantitative estimate of drug-likeness (QED) is 0.747. The summed E-state index contributed by atoms with van der Waals surface area (Å²) in [6, 6.07) is 1.91. The van der Waals surface area contributed by atoms with Gasteiger partial charge < -0.3 is 10.6 Å². The minimum Gasteiger partial charge on any atom is -0.316 e. The normalized spacial score (nSPS) is 20.7. The molecular weight excluding hydrogens is 228 g/mol. The van der Waals surface area contributed by atoms with Gasteiger partial charge in [0.25, 0.3) is 0 Å². The lowest BCUT2D eigenvalue weighted by Crippen LogP contribution is -2.37. The first-order chi connectivity index (χ1) is 8.47. The van der Waals surface area contributed by atoms with Gasteiger partial charge in [0.2, 0.25) is 5.91 Å². The van der Waals surface area contributed by atoms with Crippen molar-refractivity contribution in [3.8, 4) is 0 Å². The maximum absolute atomic E-state index is 12.0. The minimum atomic E-state index is 0.0162. The molecule has 1 amide bonds. The SMILES string of the molecule is CC(C)(C)c1cc(NC(=O)C2CCCNC2)n[nH]1. The Morgan fingerprint density at radius 2 is 2.28 bits per heavy atom. The maximum Gasteiger partial charge on any atom is 0.229 e. The van der Waals surface area contributed by atoms with Gasteiger partial charge in [0.15, 0.2) is 5.82 Å². The van der Waals surface area contributed by atoms with Gasteiger partial charge in [0.1, 0.15) is 0 Å². The number of hydrogen-bond donors (Lipinski definition) is 3. The zero-order valence-electron chi connectivity index (χ0n) is 11.3. The summed E-state index contributed by atoms with van der Waals surface area (Å²) >= 11 is 0. The first-order valence-corrected chi connectivity index (χ1v) is 6.54. The van der Waals surface area contributed by atoms with Gasteiger partial charge in [-0.05, 0) is 19.4 Å². The third kappa shape index (κ3) is 3.10. The molecule has 1 saturated heterocycles. The van der Waals surface area contributed by atoms with E-state index in [2.05, 4.69) is 41.6 Å². The molecule has 1 atom stereocenters. The molecule has 0 aliphatic carbocycles. The predicted octanol–water partition coefficient (Wildman–Crippen LogP) is 1.65. The first kappa shape index (κ1) is 13.1. The van der Waals surface area contributed by atoms with Crippen molar-refractivity contribution >= 4 is 11.7 Å². The Labute approximate surface area is 108 Å². The number of aromatic nitrogens is 2. The largest absolute Gasteiger partial charge is 0.316 e. The summed E-state index contributed by atoms with van der Waals surface area (Å²) in [4.78, 5) is 12.0. The Morgan fingerprint density at radius 1 is 1.50 bits per heavy atom. The van der Waals surface area contributed by atoms with E-state index in [0.29, 0.717) is 5.82 Å². The summed E-state index contributed by atoms with van der Waals surface area (Å²) in [5.41, 5.74) is 1.04. The van der Waals surface area contributed by atoms with E-state index in [1.165, 1.54) is 0 Å². The van der Waals surface area contributed by atoms with Gasteiger partial charge in [0, 0.05) is 23.7 Å². The molecule has 18 heavy (non-hydrogen) atoms. The molecule has 2 rings (SSSR count). The molecule has 1 aliphatic heterocycles. The van der Waals surface area contributed by atoms with Crippen LogP contribution >= 0.6 is 0 Å². The highest BCUT2D eigenvalue weighted by Crippen LogP contribution is 2.22. The van der Waals surface area contributed by atoms with Crippen molar-refractivity contribution in [2.45, 2.75) is 39.0 Å². The van der Waals surface area contributed by atoms with Crippen LogP contribution in [0.3, 0.4) is 0 Å². The molecule has 1 aromatic rings. The number of hydrogen-bond acceptors (Lipinski definition) is 3. The van der Waals surface area contributed by atoms with Crippen LogP contribution in [0.25, 0.3) is 0 Å². The van der Waals surface area contributed by atoms with Crippen molar-refractivity contribution in [1.29, 1.82) is 0 Å². The first-order valence-electron chi connectivity index (χ1n) is 6.54. The lowest BCUT2D eigenvalue weighted by atomic mass is 9.92. The van der Waals surface area contributed by atoms with Crippen molar-refractivity contribution in [1.82, 2.24) is 15.5 Å². The standard InChI is InChI=1S/C13H22N4O/c1-13(2,3)10-7-11(17-16-10)15-12(18)9-5-4-6-14-8-9/h7,9,14H,4-6,8H2,1-3H3,(H2,15,16,17,18). The number of H-pyrrole nitrogens is 1. The molecule has 0 saturated carbocycles. The summed E-state index contributed by atoms with van der Waals surface area (Å²) in [6.45, 7) is 8.11. The van der Waals surface area contributed by atoms with Crippen molar-refractivity contribution in [2.75, 3.05) is 18.4 Å². The number of anilines is 1. The molecular formula is C13H22N4O. The smallest absolute Gasteiger partial charge is 0.229 e. The Hall–Kier alpha value is -1.36. The molecule has 100 valence electrons. The Bertz CT molecular complexity index is 413. The fraction of sp³-hybridized carbons (Fsp3) is 0.692. The number of carbonyl (C=O) groups is 1. The third-order valence-electron chi connectivity index (χ3n) is 3.30. The molecule has 0 aromatic carbocycles. The van der Waals surface area contributed by atoms with Gasteiger partial charge in [-0.1, -0.05) is 20.8 Å². The topological polar surface area (TPSA) is 69.8 Å². The summed E-state index contributed by atoms with van der Waals surface area (Å²) in [7, 11) is 0. The predicted molar refractivity (Wildman–Crippen MR) is 71.5 cm³/mol. The molecule has 2 heterocycles. The van der Waals surface area contributed by atoms with Crippen LogP contribution in [0.15, 0.2) is 6.07 Å². The summed E-state index contributed by atoms with van der Waals surface area (Å²) in [5.74, 6) is 0.748. The van der Waals surface area contributed by atoms with Gasteiger partial charge in [-0.25, -0.2) is 0 Å². The number of aromatic amines is 1. The monoisotopic (exact) mass is 250 g/mol. The molecule has 5 heteroatoms. The highest BCUT2D eigenvalue weighted by atomic mass is 16.2. The van der Waals surface area contributed by atoms with Crippen LogP contribution in [0, 0.1) is 5.92 Å². The van der Waals surface area contributed by atoms with Crippen LogP contribution < -0.4 is 10.6 Å². The molecule has 1 unspecified atom stereocenters. The van der Waals surface area contributed by atoms with Crippen LogP contribution in [0.2, 0.25) is 0 Å². The summed E-state index contributed by atoms with van der Waals surface area (Å²) in [6.07, 6.45) is 2.02. The fourth-order valence-corrected chi connectivity index (χ4v) is 2.07. The van der Waals surface area contributed by atoms with E-state index < -0.39 is 0 Å². The molecule has 1 aromatic heterocycles. The second kappa shape index (κ2) is 5.10. The minimum absolute atomic E-state index is 0.0162. The lowest BCUT2D eigenvalue weighted by molar-refractivity contribution is -0.120. The van der Waals surface area contributed by atoms with Crippen molar-refractivity contribution in [3.05, 3.63) is 11.8 Å². The van der Waals surface area contributed by atoms with E-state index in [0.717, 1.165) is 31.6 Å². The summed E-state index contributed by atoms with van der Waals surface area (Å²) in [5, 5.41) is 13.2. The van der Waals surface area contributed by atoms with Crippen LogP contribution in [0.1, 0.15) is 39.3 Å². The molecule has 0 bridgehead atoms. The van der Waals surface area contributed by atoms with Gasteiger partial charge >= 0.3 is 0 Å². The summed E-state index contributed by atoms with van der Waals surface area (Å²) < 4.78 is 0. The average molecular weight is 250 g/mol. The highest BCUT2D eigenvalue weighted by Gasteiger charge is 2.22. The van der Waals surface area contributed by atoms with Crippen LogP contribution in [-0.4, -0.2) is 29.2 Å². The van der Waals surface area contributed by atoms with E-state index in [-0.39, 0.29) is 17.2 Å². The number of nitrogens with one attached hydrogen (secondary N) is 3. The number of amides is 1. The van der Waals surface area contributed by atoms with Crippen LogP contribution in [0.4, 0.5) is 5.82 Å². The Kier molecular flexibility index (Phi) is 3.71. The molecule has 1 fully saturated rings. The lowest BCUT2D eigenvalue weighted by Gasteiger charge is -2.21. The molecule has 5 nitrogen and oxygen atoms in total. The van der Waals surface area contributed by atoms with Gasteiger partial charge in [-0.15, -0.1) is 0 Å². The van der Waals surface area contributed by atoms with Gasteiger partial charge in [-0.3, -0.25) is 9.89 Å². The zero-order chi connectivity index (χ0) is 13.2. The molecule has 1 aliphatic rings. The van der Waals surface area contributed by atoms with Gasteiger partial charge in [-0.2, -0.15) is 5.10 Å². The zero-order valence-corrected chi connectivity index (χ0v) is 11.3. The van der Waals surface area contributed by atoms with Crippen LogP contribution in [-0.2, 0) is 10.2 Å². The number of rotatable bonds is 2. The maximum atomic E-state index is 12.0. The molecule has 3 N–H and O–H groups in total. The second-order valence-electron chi connectivity index (χ2n) is 5.95. The van der Waals surface area contributed by atoms with E-state index in [1.54, 1.807) is 0 Å². The van der Waals surface area contributed by atoms with E-state index in [9.17, 15) is 4.79 Å². The Balaban J connectivity index is 1.96. The van der Waals surface area contributed by atoms with Crippen molar-refractivity contribution < 1.29 is 4.79 Å². The number of piperidine rings is 1. The molecule has 0 spiro atoms. The average Bonchev–Trinajstić information content (AvgIpc) is 2.78. The molecule has 0 radical (unpaired) electrons. The third-order valence-corrected chi connectivity index (χ3v) is 3.30. The highest BCUT2D eigenvalue weighted by molar-refractivity contribution is 5.91. The number of carbonyl (C=O) groups excluding carboxylic acids is 1. The van der Waals surface area contributed by atoms with E-state index in [1.807, 2.05) is 6.07 Å². The van der Waals surface area contributed by atoms with Crippen molar-refractivity contribution in [3.63, 3.8) is 0 Å². The fourth-order valence-electron chi connectivity index (χ4n) is 2.07. The van der Waals surface area contributed by atoms with E-state index >= 15 is 0 Å².